The van der Waals surface area contributed by atoms with Crippen molar-refractivity contribution in [3.05, 3.63) is 84.9 Å². The summed E-state index contributed by atoms with van der Waals surface area (Å²) < 4.78 is 11.3. The van der Waals surface area contributed by atoms with Gasteiger partial charge in [-0.15, -0.1) is 0 Å². The maximum atomic E-state index is 11.6. The highest BCUT2D eigenvalue weighted by atomic mass is 16.6. The van der Waals surface area contributed by atoms with E-state index in [-0.39, 0.29) is 12.6 Å². The number of benzene rings is 3. The van der Waals surface area contributed by atoms with Gasteiger partial charge in [-0.3, -0.25) is 0 Å². The largest absolute Gasteiger partial charge is 0.489 e. The smallest absolute Gasteiger partial charge is 0.334 e. The number of hydrogen-bond donors (Lipinski definition) is 1. The first kappa shape index (κ1) is 19.1. The highest BCUT2D eigenvalue weighted by molar-refractivity contribution is 6.08. The summed E-state index contributed by atoms with van der Waals surface area (Å²) in [7, 11) is 0. The van der Waals surface area contributed by atoms with Crippen molar-refractivity contribution in [2.24, 2.45) is 0 Å². The summed E-state index contributed by atoms with van der Waals surface area (Å²) in [6, 6.07) is 24.0. The Kier molecular flexibility index (Phi) is 4.59. The summed E-state index contributed by atoms with van der Waals surface area (Å²) in [4.78, 5) is 16.4. The molecule has 5 rings (SSSR count). The van der Waals surface area contributed by atoms with Crippen molar-refractivity contribution in [3.63, 3.8) is 0 Å². The number of esters is 1. The molecule has 5 heteroatoms. The molecule has 3 aromatic carbocycles. The molecule has 1 saturated heterocycles. The van der Waals surface area contributed by atoms with Gasteiger partial charge in [-0.25, -0.2) is 9.78 Å². The predicted molar refractivity (Wildman–Crippen MR) is 123 cm³/mol. The van der Waals surface area contributed by atoms with Gasteiger partial charge in [0, 0.05) is 28.5 Å². The molecule has 4 aromatic rings. The van der Waals surface area contributed by atoms with Crippen LogP contribution in [-0.2, 0) is 9.53 Å². The first-order valence-corrected chi connectivity index (χ1v) is 10.2. The Labute approximate surface area is 180 Å². The normalized spacial score (nSPS) is 18.4. The molecule has 0 spiro atoms. The van der Waals surface area contributed by atoms with E-state index in [1.54, 1.807) is 0 Å². The molecule has 1 aliphatic heterocycles. The Morgan fingerprint density at radius 1 is 1.00 bits per heavy atom. The fourth-order valence-corrected chi connectivity index (χ4v) is 3.93. The average molecular weight is 410 g/mol. The van der Waals surface area contributed by atoms with Gasteiger partial charge in [0.1, 0.15) is 18.0 Å². The van der Waals surface area contributed by atoms with Crippen LogP contribution in [0.25, 0.3) is 21.8 Å². The highest BCUT2D eigenvalue weighted by Crippen LogP contribution is 2.34. The van der Waals surface area contributed by atoms with Gasteiger partial charge in [-0.05, 0) is 43.3 Å². The van der Waals surface area contributed by atoms with Crippen LogP contribution in [0, 0.1) is 0 Å². The second-order valence-electron chi connectivity index (χ2n) is 8.08. The lowest BCUT2D eigenvalue weighted by molar-refractivity contribution is -0.147. The van der Waals surface area contributed by atoms with Crippen molar-refractivity contribution in [1.29, 1.82) is 0 Å². The molecule has 0 bridgehead atoms. The number of carbonyl (C=O) groups excluding carboxylic acids is 1. The molecule has 1 atom stereocenters. The third-order valence-corrected chi connectivity index (χ3v) is 5.47. The molecule has 1 fully saturated rings. The molecule has 1 aromatic heterocycles. The van der Waals surface area contributed by atoms with Crippen LogP contribution in [0.5, 0.6) is 5.75 Å². The van der Waals surface area contributed by atoms with Crippen LogP contribution in [0.3, 0.4) is 0 Å². The first-order valence-electron chi connectivity index (χ1n) is 10.2. The Bertz CT molecular complexity index is 1240. The Balaban J connectivity index is 1.38. The molecule has 0 radical (unpaired) electrons. The molecular formula is C26H22N2O3. The number of pyridine rings is 1. The lowest BCUT2D eigenvalue weighted by Crippen LogP contribution is -2.32. The quantitative estimate of drug-likeness (QED) is 0.257. The van der Waals surface area contributed by atoms with E-state index in [0.29, 0.717) is 17.7 Å². The predicted octanol–water partition coefficient (Wildman–Crippen LogP) is 5.77. The Morgan fingerprint density at radius 2 is 1.61 bits per heavy atom. The summed E-state index contributed by atoms with van der Waals surface area (Å²) in [5.41, 5.74) is 3.69. The molecule has 1 aliphatic rings. The molecule has 0 aliphatic carbocycles. The fourth-order valence-electron chi connectivity index (χ4n) is 3.93. The number of carbonyl (C=O) groups is 1. The van der Waals surface area contributed by atoms with Crippen LogP contribution >= 0.6 is 0 Å². The Morgan fingerprint density at radius 3 is 2.19 bits per heavy atom. The zero-order valence-corrected chi connectivity index (χ0v) is 17.2. The topological polar surface area (TPSA) is 60.4 Å². The molecule has 31 heavy (non-hydrogen) atoms. The van der Waals surface area contributed by atoms with Gasteiger partial charge in [-0.2, -0.15) is 0 Å². The van der Waals surface area contributed by atoms with E-state index in [4.69, 9.17) is 14.5 Å². The van der Waals surface area contributed by atoms with E-state index >= 15 is 0 Å². The van der Waals surface area contributed by atoms with Crippen molar-refractivity contribution in [2.75, 3.05) is 11.9 Å². The number of anilines is 2. The number of nitrogens with zero attached hydrogens (tertiary/aromatic N) is 1. The molecule has 0 saturated carbocycles. The molecule has 1 N–H and O–H groups in total. The van der Waals surface area contributed by atoms with Crippen molar-refractivity contribution in [3.8, 4) is 5.75 Å². The number of aromatic nitrogens is 1. The van der Waals surface area contributed by atoms with Crippen LogP contribution in [0.15, 0.2) is 84.9 Å². The van der Waals surface area contributed by atoms with Crippen LogP contribution in [0.1, 0.15) is 13.3 Å². The van der Waals surface area contributed by atoms with E-state index in [1.165, 1.54) is 0 Å². The number of para-hydroxylation sites is 2. The number of hydrogen-bond acceptors (Lipinski definition) is 5. The van der Waals surface area contributed by atoms with E-state index in [9.17, 15) is 4.79 Å². The summed E-state index contributed by atoms with van der Waals surface area (Å²) in [5, 5.41) is 5.69. The second kappa shape index (κ2) is 7.43. The summed E-state index contributed by atoms with van der Waals surface area (Å²) in [6.45, 7) is 5.88. The van der Waals surface area contributed by atoms with Gasteiger partial charge in [0.05, 0.1) is 16.7 Å². The molecule has 0 amide bonds. The molecule has 154 valence electrons. The summed E-state index contributed by atoms with van der Waals surface area (Å²) >= 11 is 0. The van der Waals surface area contributed by atoms with Gasteiger partial charge in [0.25, 0.3) is 0 Å². The van der Waals surface area contributed by atoms with Crippen molar-refractivity contribution >= 4 is 39.1 Å². The Hall–Kier alpha value is -3.86. The van der Waals surface area contributed by atoms with Crippen LogP contribution < -0.4 is 10.1 Å². The van der Waals surface area contributed by atoms with Gasteiger partial charge >= 0.3 is 5.97 Å². The first-order chi connectivity index (χ1) is 15.0. The zero-order chi connectivity index (χ0) is 21.4. The minimum absolute atomic E-state index is 0.282. The van der Waals surface area contributed by atoms with Crippen LogP contribution in [0.2, 0.25) is 0 Å². The number of rotatable bonds is 5. The maximum absolute atomic E-state index is 11.6. The monoisotopic (exact) mass is 410 g/mol. The molecule has 5 nitrogen and oxygen atoms in total. The number of cyclic esters (lactones) is 1. The lowest BCUT2D eigenvalue weighted by atomic mass is 10.0. The standard InChI is InChI=1S/C26H22N2O3/c1-17-15-26(2,31-25(17)29)16-30-19-13-11-18(12-14-19)27-24-20-7-3-5-9-22(20)28-23-10-6-4-8-21(23)24/h3-14H,1,15-16H2,2H3,(H,27,28). The SMILES string of the molecule is C=C1CC(C)(COc2ccc(Nc3c4ccccc4nc4ccccc34)cc2)OC1=O. The lowest BCUT2D eigenvalue weighted by Gasteiger charge is -2.22. The van der Waals surface area contributed by atoms with E-state index < -0.39 is 5.60 Å². The van der Waals surface area contributed by atoms with Gasteiger partial charge in [0.15, 0.2) is 0 Å². The maximum Gasteiger partial charge on any atom is 0.334 e. The second-order valence-corrected chi connectivity index (χ2v) is 8.08. The van der Waals surface area contributed by atoms with Gasteiger partial charge in [0.2, 0.25) is 0 Å². The third-order valence-electron chi connectivity index (χ3n) is 5.47. The molecule has 2 heterocycles. The fraction of sp³-hybridized carbons (Fsp3) is 0.154. The summed E-state index contributed by atoms with van der Waals surface area (Å²) in [5.74, 6) is 0.368. The van der Waals surface area contributed by atoms with Crippen molar-refractivity contribution in [1.82, 2.24) is 4.98 Å². The van der Waals surface area contributed by atoms with Gasteiger partial charge < -0.3 is 14.8 Å². The molecular weight excluding hydrogens is 388 g/mol. The van der Waals surface area contributed by atoms with Gasteiger partial charge in [-0.1, -0.05) is 43.0 Å². The van der Waals surface area contributed by atoms with Crippen LogP contribution in [-0.4, -0.2) is 23.2 Å². The number of nitrogens with one attached hydrogen (secondary N) is 1. The molecule has 1 unspecified atom stereocenters. The highest BCUT2D eigenvalue weighted by Gasteiger charge is 2.39. The van der Waals surface area contributed by atoms with Crippen LogP contribution in [0.4, 0.5) is 11.4 Å². The van der Waals surface area contributed by atoms with Crippen molar-refractivity contribution < 1.29 is 14.3 Å². The number of ether oxygens (including phenoxy) is 2. The van der Waals surface area contributed by atoms with Crippen molar-refractivity contribution in [2.45, 2.75) is 18.9 Å². The minimum Gasteiger partial charge on any atom is -0.489 e. The van der Waals surface area contributed by atoms with E-state index in [0.717, 1.165) is 33.2 Å². The average Bonchev–Trinajstić information content (AvgIpc) is 3.04. The number of fused-ring (bicyclic) bond motifs is 2. The van der Waals surface area contributed by atoms with E-state index in [2.05, 4.69) is 24.0 Å². The zero-order valence-electron chi connectivity index (χ0n) is 17.2. The minimum atomic E-state index is -0.667. The third kappa shape index (κ3) is 3.70. The summed E-state index contributed by atoms with van der Waals surface area (Å²) in [6.07, 6.45) is 0.480. The van der Waals surface area contributed by atoms with E-state index in [1.807, 2.05) is 67.6 Å².